The minimum atomic E-state index is -6.08. The Balaban J connectivity index is 2.80. The summed E-state index contributed by atoms with van der Waals surface area (Å²) in [6, 6.07) is 1.83. The summed E-state index contributed by atoms with van der Waals surface area (Å²) in [5.74, 6) is -4.29. The minimum absolute atomic E-state index is 0.161. The lowest BCUT2D eigenvalue weighted by molar-refractivity contribution is -0.288. The molecule has 0 bridgehead atoms. The molecule has 0 saturated carbocycles. The van der Waals surface area contributed by atoms with Gasteiger partial charge in [-0.25, -0.2) is 8.78 Å². The Morgan fingerprint density at radius 1 is 0.452 bits per heavy atom. The summed E-state index contributed by atoms with van der Waals surface area (Å²) in [5, 5.41) is 0. The fraction of sp³-hybridized carbons (Fsp3) is 0.158. The lowest BCUT2D eigenvalue weighted by atomic mass is 9.72. The van der Waals surface area contributed by atoms with Crippen molar-refractivity contribution in [1.82, 2.24) is 0 Å². The van der Waals surface area contributed by atoms with Crippen LogP contribution >= 0.6 is 0 Å². The van der Waals surface area contributed by atoms with Crippen molar-refractivity contribution in [2.75, 3.05) is 0 Å². The molecule has 0 aliphatic heterocycles. The SMILES string of the molecule is FC(F)=C(F)c1ccc(C(c2ccc(C(F)=C(F)F)cc2)(C(F)(F)F)C(F)(F)F)cc1. The first-order valence-electron chi connectivity index (χ1n) is 7.91. The first kappa shape index (κ1) is 24.4. The van der Waals surface area contributed by atoms with Gasteiger partial charge >= 0.3 is 24.5 Å². The van der Waals surface area contributed by atoms with E-state index in [-0.39, 0.29) is 24.3 Å². The number of halogens is 12. The molecule has 0 atom stereocenters. The Morgan fingerprint density at radius 2 is 0.710 bits per heavy atom. The van der Waals surface area contributed by atoms with Gasteiger partial charge in [0.25, 0.3) is 0 Å². The zero-order valence-electron chi connectivity index (χ0n) is 14.7. The van der Waals surface area contributed by atoms with E-state index in [0.717, 1.165) is 0 Å². The minimum Gasteiger partial charge on any atom is -0.200 e. The third-order valence-corrected chi connectivity index (χ3v) is 4.32. The zero-order chi connectivity index (χ0) is 23.8. The second-order valence-electron chi connectivity index (χ2n) is 6.05. The molecule has 2 rings (SSSR count). The molecule has 0 nitrogen and oxygen atoms in total. The average molecular weight is 464 g/mol. The predicted octanol–water partition coefficient (Wildman–Crippen LogP) is 8.17. The summed E-state index contributed by atoms with van der Waals surface area (Å²) in [7, 11) is 0. The maximum Gasteiger partial charge on any atom is 0.411 e. The normalized spacial score (nSPS) is 12.5. The van der Waals surface area contributed by atoms with Gasteiger partial charge < -0.3 is 0 Å². The summed E-state index contributed by atoms with van der Waals surface area (Å²) in [5.41, 5.74) is -9.71. The molecule has 0 spiro atoms. The molecule has 0 aliphatic carbocycles. The molecule has 31 heavy (non-hydrogen) atoms. The van der Waals surface area contributed by atoms with E-state index in [2.05, 4.69) is 0 Å². The van der Waals surface area contributed by atoms with Gasteiger partial charge in [0.1, 0.15) is 0 Å². The highest BCUT2D eigenvalue weighted by atomic mass is 19.4. The summed E-state index contributed by atoms with van der Waals surface area (Å²) >= 11 is 0. The Kier molecular flexibility index (Phi) is 6.53. The summed E-state index contributed by atoms with van der Waals surface area (Å²) in [6.07, 6.45) is -17.8. The van der Waals surface area contributed by atoms with Crippen LogP contribution in [0.3, 0.4) is 0 Å². The second-order valence-corrected chi connectivity index (χ2v) is 6.05. The molecule has 0 aliphatic rings. The molecule has 0 saturated heterocycles. The topological polar surface area (TPSA) is 0 Å². The first-order chi connectivity index (χ1) is 14.1. The van der Waals surface area contributed by atoms with Crippen LogP contribution in [0.2, 0.25) is 0 Å². The van der Waals surface area contributed by atoms with Crippen molar-refractivity contribution in [2.24, 2.45) is 0 Å². The van der Waals surface area contributed by atoms with Crippen LogP contribution in [-0.2, 0) is 5.41 Å². The van der Waals surface area contributed by atoms with Gasteiger partial charge in [-0.2, -0.15) is 43.9 Å². The standard InChI is InChI=1S/C19H8F12/c20-13(15(22)23)9-1-5-11(6-2-9)17(18(26,27)28,19(29,30)31)12-7-3-10(4-8-12)14(21)16(24)25/h1-8H. The Hall–Kier alpha value is -2.92. The number of hydrogen-bond donors (Lipinski definition) is 0. The lowest BCUT2D eigenvalue weighted by Crippen LogP contribution is -2.54. The molecule has 0 heterocycles. The van der Waals surface area contributed by atoms with Gasteiger partial charge in [0.15, 0.2) is 11.7 Å². The van der Waals surface area contributed by atoms with Crippen molar-refractivity contribution >= 4 is 11.7 Å². The van der Waals surface area contributed by atoms with E-state index in [9.17, 15) is 52.7 Å². The van der Waals surface area contributed by atoms with Crippen molar-refractivity contribution in [3.8, 4) is 0 Å². The van der Waals surface area contributed by atoms with E-state index in [1.54, 1.807) is 0 Å². The van der Waals surface area contributed by atoms with E-state index in [1.165, 1.54) is 0 Å². The monoisotopic (exact) mass is 464 g/mol. The predicted molar refractivity (Wildman–Crippen MR) is 86.3 cm³/mol. The van der Waals surface area contributed by atoms with Gasteiger partial charge in [0.2, 0.25) is 5.41 Å². The van der Waals surface area contributed by atoms with Crippen molar-refractivity contribution in [3.05, 3.63) is 82.9 Å². The van der Waals surface area contributed by atoms with Crippen LogP contribution in [0.25, 0.3) is 11.7 Å². The van der Waals surface area contributed by atoms with Crippen LogP contribution in [0.1, 0.15) is 22.3 Å². The maximum atomic E-state index is 13.9. The van der Waals surface area contributed by atoms with Crippen molar-refractivity contribution in [1.29, 1.82) is 0 Å². The number of hydrogen-bond acceptors (Lipinski definition) is 0. The second kappa shape index (κ2) is 8.31. The average Bonchev–Trinajstić information content (AvgIpc) is 2.66. The van der Waals surface area contributed by atoms with Crippen LogP contribution < -0.4 is 0 Å². The van der Waals surface area contributed by atoms with E-state index in [0.29, 0.717) is 24.3 Å². The molecular weight excluding hydrogens is 456 g/mol. The van der Waals surface area contributed by atoms with E-state index >= 15 is 0 Å². The van der Waals surface area contributed by atoms with E-state index in [4.69, 9.17) is 0 Å². The molecule has 0 N–H and O–H groups in total. The number of rotatable bonds is 4. The van der Waals surface area contributed by atoms with Gasteiger partial charge in [-0.1, -0.05) is 48.5 Å². The Morgan fingerprint density at radius 3 is 0.903 bits per heavy atom. The smallest absolute Gasteiger partial charge is 0.200 e. The largest absolute Gasteiger partial charge is 0.411 e. The molecule has 12 heteroatoms. The van der Waals surface area contributed by atoms with Gasteiger partial charge in [0.05, 0.1) is 0 Å². The van der Waals surface area contributed by atoms with Crippen molar-refractivity contribution < 1.29 is 52.7 Å². The van der Waals surface area contributed by atoms with Gasteiger partial charge in [-0.15, -0.1) is 0 Å². The fourth-order valence-electron chi connectivity index (χ4n) is 2.93. The molecule has 2 aromatic carbocycles. The highest BCUT2D eigenvalue weighted by Crippen LogP contribution is 2.56. The molecule has 0 unspecified atom stereocenters. The highest BCUT2D eigenvalue weighted by molar-refractivity contribution is 5.62. The van der Waals surface area contributed by atoms with Gasteiger partial charge in [-0.3, -0.25) is 0 Å². The molecular formula is C19H8F12. The zero-order valence-corrected chi connectivity index (χ0v) is 14.7. The fourth-order valence-corrected chi connectivity index (χ4v) is 2.93. The first-order valence-corrected chi connectivity index (χ1v) is 7.91. The summed E-state index contributed by atoms with van der Waals surface area (Å²) in [4.78, 5) is 0. The van der Waals surface area contributed by atoms with Crippen LogP contribution in [-0.4, -0.2) is 12.4 Å². The van der Waals surface area contributed by atoms with Gasteiger partial charge in [-0.05, 0) is 11.1 Å². The van der Waals surface area contributed by atoms with E-state index in [1.807, 2.05) is 0 Å². The highest BCUT2D eigenvalue weighted by Gasteiger charge is 2.72. The van der Waals surface area contributed by atoms with Crippen LogP contribution in [0, 0.1) is 0 Å². The van der Waals surface area contributed by atoms with Gasteiger partial charge in [0, 0.05) is 11.1 Å². The number of benzene rings is 2. The molecule has 0 aromatic heterocycles. The number of alkyl halides is 6. The lowest BCUT2D eigenvalue weighted by Gasteiger charge is -2.38. The third kappa shape index (κ3) is 4.28. The van der Waals surface area contributed by atoms with Crippen LogP contribution in [0.15, 0.2) is 60.7 Å². The molecule has 0 radical (unpaired) electrons. The molecule has 168 valence electrons. The third-order valence-electron chi connectivity index (χ3n) is 4.32. The maximum absolute atomic E-state index is 13.9. The van der Waals surface area contributed by atoms with Crippen molar-refractivity contribution in [3.63, 3.8) is 0 Å². The molecule has 0 amide bonds. The summed E-state index contributed by atoms with van der Waals surface area (Å²) < 4.78 is 159. The Bertz CT molecular complexity index is 901. The Labute approximate surface area is 166 Å². The quantitative estimate of drug-likeness (QED) is 0.401. The van der Waals surface area contributed by atoms with Crippen LogP contribution in [0.4, 0.5) is 52.7 Å². The van der Waals surface area contributed by atoms with E-state index < -0.39 is 63.8 Å². The summed E-state index contributed by atoms with van der Waals surface area (Å²) in [6.45, 7) is 0. The molecule has 0 fully saturated rings. The van der Waals surface area contributed by atoms with Crippen LogP contribution in [0.5, 0.6) is 0 Å². The molecule has 2 aromatic rings. The van der Waals surface area contributed by atoms with Crippen molar-refractivity contribution in [2.45, 2.75) is 17.8 Å².